The molecule has 124 valence electrons. The van der Waals surface area contributed by atoms with Gasteiger partial charge in [-0.05, 0) is 20.8 Å². The van der Waals surface area contributed by atoms with Crippen molar-refractivity contribution in [1.29, 1.82) is 0 Å². The molecule has 1 N–H and O–H groups in total. The standard InChI is InChI=1S/C13H14F3N5O2/c1-12(2,3)23-11(22)19-9-6-21(8-4-17-7-18-5-8)20-10(9)13(14,15)16/h4-7H,1-3H3,(H,19,22). The van der Waals surface area contributed by atoms with Crippen LogP contribution in [0.2, 0.25) is 0 Å². The molecule has 2 heterocycles. The Bertz CT molecular complexity index is 692. The number of halogens is 3. The zero-order chi connectivity index (χ0) is 17.3. The minimum Gasteiger partial charge on any atom is -0.444 e. The fourth-order valence-electron chi connectivity index (χ4n) is 1.63. The van der Waals surface area contributed by atoms with Crippen molar-refractivity contribution in [3.8, 4) is 5.69 Å². The van der Waals surface area contributed by atoms with Gasteiger partial charge in [0.25, 0.3) is 0 Å². The van der Waals surface area contributed by atoms with E-state index < -0.39 is 29.3 Å². The van der Waals surface area contributed by atoms with Crippen LogP contribution in [0.25, 0.3) is 5.69 Å². The lowest BCUT2D eigenvalue weighted by molar-refractivity contribution is -0.140. The predicted octanol–water partition coefficient (Wildman–Crippen LogP) is 3.03. The molecule has 1 amide bonds. The largest absolute Gasteiger partial charge is 0.444 e. The van der Waals surface area contributed by atoms with E-state index in [4.69, 9.17) is 4.74 Å². The molecule has 0 spiro atoms. The molecule has 0 unspecified atom stereocenters. The number of rotatable bonds is 2. The number of hydrogen-bond donors (Lipinski definition) is 1. The van der Waals surface area contributed by atoms with E-state index in [1.807, 2.05) is 0 Å². The molecule has 2 aromatic heterocycles. The van der Waals surface area contributed by atoms with Crippen LogP contribution in [-0.2, 0) is 10.9 Å². The molecule has 2 rings (SSSR count). The van der Waals surface area contributed by atoms with Crippen LogP contribution in [0.1, 0.15) is 26.5 Å². The Morgan fingerprint density at radius 3 is 2.35 bits per heavy atom. The number of amides is 1. The molecule has 10 heteroatoms. The van der Waals surface area contributed by atoms with E-state index in [9.17, 15) is 18.0 Å². The Kier molecular flexibility index (Phi) is 4.26. The Balaban J connectivity index is 2.34. The van der Waals surface area contributed by atoms with Gasteiger partial charge in [0.2, 0.25) is 0 Å². The number of nitrogens with zero attached hydrogens (tertiary/aromatic N) is 4. The summed E-state index contributed by atoms with van der Waals surface area (Å²) in [6.45, 7) is 4.80. The molecule has 23 heavy (non-hydrogen) atoms. The third kappa shape index (κ3) is 4.41. The molecular formula is C13H14F3N5O2. The number of nitrogens with one attached hydrogen (secondary N) is 1. The fourth-order valence-corrected chi connectivity index (χ4v) is 1.63. The van der Waals surface area contributed by atoms with Gasteiger partial charge in [-0.25, -0.2) is 19.4 Å². The molecule has 2 aromatic rings. The average molecular weight is 329 g/mol. The highest BCUT2D eigenvalue weighted by Crippen LogP contribution is 2.34. The number of aromatic nitrogens is 4. The summed E-state index contributed by atoms with van der Waals surface area (Å²) in [7, 11) is 0. The molecule has 0 bridgehead atoms. The summed E-state index contributed by atoms with van der Waals surface area (Å²) < 4.78 is 45.1. The van der Waals surface area contributed by atoms with E-state index in [0.717, 1.165) is 10.9 Å². The fraction of sp³-hybridized carbons (Fsp3) is 0.385. The summed E-state index contributed by atoms with van der Waals surface area (Å²) in [6, 6.07) is 0. The van der Waals surface area contributed by atoms with Crippen molar-refractivity contribution in [2.24, 2.45) is 0 Å². The molecule has 0 saturated carbocycles. The van der Waals surface area contributed by atoms with Gasteiger partial charge in [0.1, 0.15) is 17.6 Å². The van der Waals surface area contributed by atoms with Crippen LogP contribution in [0.3, 0.4) is 0 Å². The molecule has 0 atom stereocenters. The van der Waals surface area contributed by atoms with Crippen molar-refractivity contribution >= 4 is 11.8 Å². The lowest BCUT2D eigenvalue weighted by atomic mass is 10.2. The van der Waals surface area contributed by atoms with Crippen LogP contribution >= 0.6 is 0 Å². The first-order chi connectivity index (χ1) is 10.6. The summed E-state index contributed by atoms with van der Waals surface area (Å²) in [6.07, 6.45) is -0.921. The van der Waals surface area contributed by atoms with Crippen LogP contribution in [0, 0.1) is 0 Å². The van der Waals surface area contributed by atoms with Gasteiger partial charge in [-0.15, -0.1) is 0 Å². The Morgan fingerprint density at radius 2 is 1.83 bits per heavy atom. The summed E-state index contributed by atoms with van der Waals surface area (Å²) in [5, 5.41) is 5.50. The highest BCUT2D eigenvalue weighted by molar-refractivity contribution is 5.85. The molecule has 0 aromatic carbocycles. The number of carbonyl (C=O) groups excluding carboxylic acids is 1. The highest BCUT2D eigenvalue weighted by Gasteiger charge is 2.38. The monoisotopic (exact) mass is 329 g/mol. The maximum atomic E-state index is 13.1. The second-order valence-corrected chi connectivity index (χ2v) is 5.56. The SMILES string of the molecule is CC(C)(C)OC(=O)Nc1cn(-c2cncnc2)nc1C(F)(F)F. The summed E-state index contributed by atoms with van der Waals surface area (Å²) in [4.78, 5) is 19.1. The zero-order valence-electron chi connectivity index (χ0n) is 12.5. The van der Waals surface area contributed by atoms with Crippen LogP contribution in [-0.4, -0.2) is 31.4 Å². The predicted molar refractivity (Wildman–Crippen MR) is 74.0 cm³/mol. The first kappa shape index (κ1) is 16.7. The van der Waals surface area contributed by atoms with Crippen molar-refractivity contribution in [1.82, 2.24) is 19.7 Å². The summed E-state index contributed by atoms with van der Waals surface area (Å²) in [5.74, 6) is 0. The minimum atomic E-state index is -4.74. The van der Waals surface area contributed by atoms with Gasteiger partial charge in [0, 0.05) is 0 Å². The van der Waals surface area contributed by atoms with Gasteiger partial charge in [0.15, 0.2) is 5.69 Å². The van der Waals surface area contributed by atoms with E-state index in [1.165, 1.54) is 18.7 Å². The van der Waals surface area contributed by atoms with E-state index in [0.29, 0.717) is 0 Å². The van der Waals surface area contributed by atoms with E-state index in [1.54, 1.807) is 20.8 Å². The van der Waals surface area contributed by atoms with Gasteiger partial charge in [-0.3, -0.25) is 5.32 Å². The number of hydrogen-bond acceptors (Lipinski definition) is 5. The number of alkyl halides is 3. The molecule has 0 fully saturated rings. The van der Waals surface area contributed by atoms with Crippen molar-refractivity contribution in [2.75, 3.05) is 5.32 Å². The number of ether oxygens (including phenoxy) is 1. The molecule has 0 radical (unpaired) electrons. The molecule has 0 aliphatic heterocycles. The van der Waals surface area contributed by atoms with Crippen molar-refractivity contribution in [2.45, 2.75) is 32.5 Å². The number of carbonyl (C=O) groups is 1. The number of anilines is 1. The second-order valence-electron chi connectivity index (χ2n) is 5.56. The zero-order valence-corrected chi connectivity index (χ0v) is 12.5. The molecule has 0 aliphatic carbocycles. The Morgan fingerprint density at radius 1 is 1.22 bits per heavy atom. The maximum absolute atomic E-state index is 13.1. The Hall–Kier alpha value is -2.65. The van der Waals surface area contributed by atoms with E-state index in [2.05, 4.69) is 20.4 Å². The van der Waals surface area contributed by atoms with Crippen LogP contribution in [0.4, 0.5) is 23.7 Å². The highest BCUT2D eigenvalue weighted by atomic mass is 19.4. The Labute approximate surface area is 129 Å². The van der Waals surface area contributed by atoms with E-state index in [-0.39, 0.29) is 5.69 Å². The van der Waals surface area contributed by atoms with Crippen LogP contribution in [0.15, 0.2) is 24.9 Å². The quantitative estimate of drug-likeness (QED) is 0.916. The molecular weight excluding hydrogens is 315 g/mol. The molecule has 0 saturated heterocycles. The van der Waals surface area contributed by atoms with Crippen molar-refractivity contribution in [3.05, 3.63) is 30.6 Å². The van der Waals surface area contributed by atoms with Crippen molar-refractivity contribution < 1.29 is 22.7 Å². The minimum absolute atomic E-state index is 0.218. The normalized spacial score (nSPS) is 12.1. The van der Waals surface area contributed by atoms with Crippen LogP contribution < -0.4 is 5.32 Å². The van der Waals surface area contributed by atoms with Crippen molar-refractivity contribution in [3.63, 3.8) is 0 Å². The average Bonchev–Trinajstić information content (AvgIpc) is 2.81. The third-order valence-electron chi connectivity index (χ3n) is 2.43. The van der Waals surface area contributed by atoms with E-state index >= 15 is 0 Å². The second kappa shape index (κ2) is 5.86. The first-order valence-electron chi connectivity index (χ1n) is 6.48. The molecule has 0 aliphatic rings. The van der Waals surface area contributed by atoms with Crippen LogP contribution in [0.5, 0.6) is 0 Å². The lowest BCUT2D eigenvalue weighted by Gasteiger charge is -2.19. The smallest absolute Gasteiger partial charge is 0.437 e. The first-order valence-corrected chi connectivity index (χ1v) is 6.48. The third-order valence-corrected chi connectivity index (χ3v) is 2.43. The lowest BCUT2D eigenvalue weighted by Crippen LogP contribution is -2.27. The summed E-state index contributed by atoms with van der Waals surface area (Å²) >= 11 is 0. The topological polar surface area (TPSA) is 81.9 Å². The maximum Gasteiger partial charge on any atom is 0.437 e. The van der Waals surface area contributed by atoms with Gasteiger partial charge < -0.3 is 4.74 Å². The summed E-state index contributed by atoms with van der Waals surface area (Å²) in [5.41, 5.74) is -2.38. The van der Waals surface area contributed by atoms with Gasteiger partial charge in [-0.1, -0.05) is 0 Å². The molecule has 7 nitrogen and oxygen atoms in total. The van der Waals surface area contributed by atoms with Gasteiger partial charge in [0.05, 0.1) is 24.3 Å². The van der Waals surface area contributed by atoms with Gasteiger partial charge in [-0.2, -0.15) is 18.3 Å². The van der Waals surface area contributed by atoms with Gasteiger partial charge >= 0.3 is 12.3 Å².